The Morgan fingerprint density at radius 1 is 1.22 bits per heavy atom. The zero-order valence-electron chi connectivity index (χ0n) is 15.5. The third kappa shape index (κ3) is 4.17. The van der Waals surface area contributed by atoms with E-state index in [2.05, 4.69) is 31.3 Å². The SMILES string of the molecule is Cc1ccc(=O)n(CCN2CCCCC2CNc2ncnc3sccc23)n1. The molecule has 3 aromatic heterocycles. The first-order valence-corrected chi connectivity index (χ1v) is 10.3. The van der Waals surface area contributed by atoms with Gasteiger partial charge in [-0.25, -0.2) is 14.6 Å². The molecule has 1 N–H and O–H groups in total. The van der Waals surface area contributed by atoms with E-state index in [4.69, 9.17) is 0 Å². The van der Waals surface area contributed by atoms with Gasteiger partial charge in [0.2, 0.25) is 0 Å². The molecule has 8 heteroatoms. The molecule has 4 rings (SSSR count). The van der Waals surface area contributed by atoms with E-state index >= 15 is 0 Å². The molecule has 1 aliphatic heterocycles. The monoisotopic (exact) mass is 384 g/mol. The molecule has 0 aromatic carbocycles. The predicted molar refractivity (Wildman–Crippen MR) is 108 cm³/mol. The van der Waals surface area contributed by atoms with Crippen molar-refractivity contribution in [2.24, 2.45) is 0 Å². The normalized spacial score (nSPS) is 18.0. The topological polar surface area (TPSA) is 75.9 Å². The molecule has 0 spiro atoms. The van der Waals surface area contributed by atoms with Crippen LogP contribution in [0.5, 0.6) is 0 Å². The summed E-state index contributed by atoms with van der Waals surface area (Å²) in [6, 6.07) is 5.86. The molecule has 7 nitrogen and oxygen atoms in total. The maximum absolute atomic E-state index is 12.0. The van der Waals surface area contributed by atoms with Crippen LogP contribution in [0, 0.1) is 6.92 Å². The van der Waals surface area contributed by atoms with E-state index in [0.29, 0.717) is 12.6 Å². The summed E-state index contributed by atoms with van der Waals surface area (Å²) in [6.45, 7) is 5.28. The van der Waals surface area contributed by atoms with Crippen molar-refractivity contribution >= 4 is 27.4 Å². The maximum atomic E-state index is 12.0. The number of likely N-dealkylation sites (tertiary alicyclic amines) is 1. The minimum Gasteiger partial charge on any atom is -0.368 e. The second-order valence-corrected chi connectivity index (χ2v) is 7.86. The number of rotatable bonds is 6. The average Bonchev–Trinajstić information content (AvgIpc) is 3.17. The Kier molecular flexibility index (Phi) is 5.45. The number of aromatic nitrogens is 4. The van der Waals surface area contributed by atoms with Crippen LogP contribution < -0.4 is 10.9 Å². The summed E-state index contributed by atoms with van der Waals surface area (Å²) < 4.78 is 1.58. The highest BCUT2D eigenvalue weighted by atomic mass is 32.1. The number of nitrogens with zero attached hydrogens (tertiary/aromatic N) is 5. The van der Waals surface area contributed by atoms with Crippen LogP contribution in [-0.4, -0.2) is 50.3 Å². The molecule has 1 fully saturated rings. The Hall–Kier alpha value is -2.32. The Morgan fingerprint density at radius 2 is 2.15 bits per heavy atom. The van der Waals surface area contributed by atoms with Crippen LogP contribution in [0.4, 0.5) is 5.82 Å². The molecule has 3 aromatic rings. The van der Waals surface area contributed by atoms with Crippen molar-refractivity contribution in [3.05, 3.63) is 46.0 Å². The lowest BCUT2D eigenvalue weighted by molar-refractivity contribution is 0.148. The van der Waals surface area contributed by atoms with Gasteiger partial charge < -0.3 is 5.32 Å². The number of piperidine rings is 1. The summed E-state index contributed by atoms with van der Waals surface area (Å²) in [4.78, 5) is 24.2. The van der Waals surface area contributed by atoms with Crippen LogP contribution in [0.3, 0.4) is 0 Å². The van der Waals surface area contributed by atoms with Gasteiger partial charge in [0.25, 0.3) is 5.56 Å². The zero-order valence-corrected chi connectivity index (χ0v) is 16.3. The van der Waals surface area contributed by atoms with Crippen molar-refractivity contribution < 1.29 is 0 Å². The minimum atomic E-state index is -0.0341. The highest BCUT2D eigenvalue weighted by molar-refractivity contribution is 7.16. The first kappa shape index (κ1) is 18.1. The zero-order chi connectivity index (χ0) is 18.6. The van der Waals surface area contributed by atoms with Crippen LogP contribution in [0.15, 0.2) is 34.7 Å². The van der Waals surface area contributed by atoms with Crippen molar-refractivity contribution in [1.29, 1.82) is 0 Å². The number of thiophene rings is 1. The summed E-state index contributed by atoms with van der Waals surface area (Å²) >= 11 is 1.63. The molecule has 27 heavy (non-hydrogen) atoms. The van der Waals surface area contributed by atoms with Gasteiger partial charge in [0.15, 0.2) is 0 Å². The summed E-state index contributed by atoms with van der Waals surface area (Å²) in [5, 5.41) is 11.0. The lowest BCUT2D eigenvalue weighted by Gasteiger charge is -2.36. The molecule has 0 radical (unpaired) electrons. The first-order chi connectivity index (χ1) is 13.2. The molecular weight excluding hydrogens is 360 g/mol. The summed E-state index contributed by atoms with van der Waals surface area (Å²) in [5.41, 5.74) is 0.836. The van der Waals surface area contributed by atoms with E-state index in [1.807, 2.05) is 12.3 Å². The number of hydrogen-bond donors (Lipinski definition) is 1. The van der Waals surface area contributed by atoms with Gasteiger partial charge in [-0.3, -0.25) is 9.69 Å². The smallest absolute Gasteiger partial charge is 0.266 e. The van der Waals surface area contributed by atoms with E-state index in [9.17, 15) is 4.79 Å². The van der Waals surface area contributed by atoms with Crippen LogP contribution in [0.25, 0.3) is 10.2 Å². The lowest BCUT2D eigenvalue weighted by atomic mass is 10.0. The summed E-state index contributed by atoms with van der Waals surface area (Å²) in [6.07, 6.45) is 5.22. The van der Waals surface area contributed by atoms with Gasteiger partial charge in [-0.15, -0.1) is 11.3 Å². The van der Waals surface area contributed by atoms with E-state index in [1.165, 1.54) is 12.8 Å². The number of aryl methyl sites for hydroxylation is 1. The highest BCUT2D eigenvalue weighted by Gasteiger charge is 2.22. The third-order valence-electron chi connectivity index (χ3n) is 5.11. The molecule has 1 saturated heterocycles. The molecule has 0 amide bonds. The van der Waals surface area contributed by atoms with Gasteiger partial charge in [-0.2, -0.15) is 5.10 Å². The molecule has 1 atom stereocenters. The van der Waals surface area contributed by atoms with E-state index < -0.39 is 0 Å². The Labute approximate surface area is 162 Å². The second-order valence-electron chi connectivity index (χ2n) is 6.96. The molecule has 1 aliphatic rings. The standard InChI is InChI=1S/C19H24N6OS/c1-14-5-6-17(26)25(23-14)10-9-24-8-3-2-4-15(24)12-20-18-16-7-11-27-19(16)22-13-21-18/h5-7,11,13,15H,2-4,8-10,12H2,1H3,(H,20,21,22). The highest BCUT2D eigenvalue weighted by Crippen LogP contribution is 2.24. The van der Waals surface area contributed by atoms with Crippen LogP contribution in [-0.2, 0) is 6.54 Å². The average molecular weight is 385 g/mol. The van der Waals surface area contributed by atoms with Crippen LogP contribution in [0.1, 0.15) is 25.0 Å². The fourth-order valence-electron chi connectivity index (χ4n) is 3.67. The molecule has 1 unspecified atom stereocenters. The van der Waals surface area contributed by atoms with Crippen molar-refractivity contribution in [1.82, 2.24) is 24.6 Å². The molecule has 0 bridgehead atoms. The van der Waals surface area contributed by atoms with Crippen LogP contribution in [0.2, 0.25) is 0 Å². The molecule has 0 aliphatic carbocycles. The number of fused-ring (bicyclic) bond motifs is 1. The van der Waals surface area contributed by atoms with Crippen LogP contribution >= 0.6 is 11.3 Å². The van der Waals surface area contributed by atoms with Gasteiger partial charge in [0, 0.05) is 25.2 Å². The van der Waals surface area contributed by atoms with Gasteiger partial charge >= 0.3 is 0 Å². The van der Waals surface area contributed by atoms with Crippen molar-refractivity contribution in [2.75, 3.05) is 25.0 Å². The minimum absolute atomic E-state index is 0.0341. The Bertz CT molecular complexity index is 968. The molecular formula is C19H24N6OS. The lowest BCUT2D eigenvalue weighted by Crippen LogP contribution is -2.45. The largest absolute Gasteiger partial charge is 0.368 e. The number of hydrogen-bond acceptors (Lipinski definition) is 7. The van der Waals surface area contributed by atoms with Gasteiger partial charge in [-0.1, -0.05) is 6.42 Å². The molecule has 142 valence electrons. The number of anilines is 1. The van der Waals surface area contributed by atoms with Gasteiger partial charge in [0.1, 0.15) is 17.0 Å². The summed E-state index contributed by atoms with van der Waals surface area (Å²) in [5.74, 6) is 0.906. The Balaban J connectivity index is 1.41. The number of nitrogens with one attached hydrogen (secondary N) is 1. The summed E-state index contributed by atoms with van der Waals surface area (Å²) in [7, 11) is 0. The van der Waals surface area contributed by atoms with Crippen molar-refractivity contribution in [2.45, 2.75) is 38.8 Å². The fraction of sp³-hybridized carbons (Fsp3) is 0.474. The van der Waals surface area contributed by atoms with Crippen molar-refractivity contribution in [3.63, 3.8) is 0 Å². The quantitative estimate of drug-likeness (QED) is 0.704. The second kappa shape index (κ2) is 8.14. The first-order valence-electron chi connectivity index (χ1n) is 9.41. The third-order valence-corrected chi connectivity index (χ3v) is 5.94. The maximum Gasteiger partial charge on any atom is 0.266 e. The van der Waals surface area contributed by atoms with E-state index in [-0.39, 0.29) is 5.56 Å². The fourth-order valence-corrected chi connectivity index (χ4v) is 4.40. The molecule has 0 saturated carbocycles. The predicted octanol–water partition coefficient (Wildman–Crippen LogP) is 2.52. The van der Waals surface area contributed by atoms with Crippen molar-refractivity contribution in [3.8, 4) is 0 Å². The van der Waals surface area contributed by atoms with Gasteiger partial charge in [-0.05, 0) is 43.8 Å². The molecule has 4 heterocycles. The van der Waals surface area contributed by atoms with Gasteiger partial charge in [0.05, 0.1) is 17.6 Å². The Morgan fingerprint density at radius 3 is 3.07 bits per heavy atom. The van der Waals surface area contributed by atoms with E-state index in [0.717, 1.165) is 47.8 Å². The van der Waals surface area contributed by atoms with E-state index in [1.54, 1.807) is 34.5 Å².